The van der Waals surface area contributed by atoms with Crippen LogP contribution in [0, 0.1) is 10.1 Å². The van der Waals surface area contributed by atoms with E-state index in [1.807, 2.05) is 0 Å². The summed E-state index contributed by atoms with van der Waals surface area (Å²) in [6, 6.07) is 1.72. The summed E-state index contributed by atoms with van der Waals surface area (Å²) in [7, 11) is 0.0294. The highest BCUT2D eigenvalue weighted by Crippen LogP contribution is 2.34. The van der Waals surface area contributed by atoms with Crippen LogP contribution in [-0.2, 0) is 21.0 Å². The number of carbonyl (C=O) groups excluding carboxylic acids is 1. The normalized spacial score (nSPS) is 12.5. The average molecular weight is 471 g/mol. The monoisotopic (exact) mass is 470 g/mol. The smallest absolute Gasteiger partial charge is 0.330 e. The van der Waals surface area contributed by atoms with Gasteiger partial charge in [-0.2, -0.15) is 10.1 Å². The van der Waals surface area contributed by atoms with Crippen molar-refractivity contribution in [2.75, 3.05) is 18.6 Å². The molecule has 0 spiro atoms. The predicted molar refractivity (Wildman–Crippen MR) is 118 cm³/mol. The number of nitro groups is 1. The fraction of sp³-hybridized carbons (Fsp3) is 0.556. The number of anilines is 2. The molecule has 0 aliphatic rings. The van der Waals surface area contributed by atoms with Gasteiger partial charge in [0.05, 0.1) is 12.0 Å². The Kier molecular flexibility index (Phi) is 8.48. The molecule has 0 bridgehead atoms. The number of methoxy groups -OCH3 is 1. The highest BCUT2D eigenvalue weighted by atomic mass is 35.5. The lowest BCUT2D eigenvalue weighted by Crippen LogP contribution is -2.39. The Morgan fingerprint density at radius 3 is 2.71 bits per heavy atom. The molecule has 0 amide bonds. The summed E-state index contributed by atoms with van der Waals surface area (Å²) in [5.74, 6) is -0.469. The van der Waals surface area contributed by atoms with Crippen LogP contribution in [0.5, 0.6) is 0 Å². The summed E-state index contributed by atoms with van der Waals surface area (Å²) >= 11 is 5.91. The number of carbonyl (C=O) groups is 1. The average Bonchev–Trinajstić information content (AvgIpc) is 3.16. The zero-order chi connectivity index (χ0) is 23.2. The quantitative estimate of drug-likeness (QED) is 0.121. The number of aromatic nitrogens is 4. The van der Waals surface area contributed by atoms with Gasteiger partial charge in [-0.1, -0.05) is 26.6 Å². The minimum absolute atomic E-state index is 0.146. The molecule has 0 aliphatic carbocycles. The first kappa shape index (κ1) is 24.7. The van der Waals surface area contributed by atoms with Crippen molar-refractivity contribution in [3.8, 4) is 0 Å². The van der Waals surface area contributed by atoms with E-state index in [0.717, 1.165) is 12.2 Å². The van der Waals surface area contributed by atoms with E-state index in [-0.39, 0.29) is 30.1 Å². The predicted octanol–water partition coefficient (Wildman–Crippen LogP) is 3.64. The SMILES string of the molecule is CCC(C(=O)OC)N(c1ccn(COCC[Si](C)(C)C)n1)c1nc(Cl)ncc1[N+](=O)[O-]. The van der Waals surface area contributed by atoms with E-state index in [4.69, 9.17) is 21.1 Å². The van der Waals surface area contributed by atoms with Gasteiger partial charge in [0.25, 0.3) is 0 Å². The minimum atomic E-state index is -1.22. The van der Waals surface area contributed by atoms with Gasteiger partial charge >= 0.3 is 11.7 Å². The molecule has 2 heterocycles. The Morgan fingerprint density at radius 2 is 2.13 bits per heavy atom. The van der Waals surface area contributed by atoms with Crippen LogP contribution in [0.1, 0.15) is 13.3 Å². The number of ether oxygens (including phenoxy) is 2. The molecule has 13 heteroatoms. The van der Waals surface area contributed by atoms with Crippen molar-refractivity contribution in [1.29, 1.82) is 0 Å². The van der Waals surface area contributed by atoms with Crippen LogP contribution >= 0.6 is 11.6 Å². The van der Waals surface area contributed by atoms with Gasteiger partial charge in [-0.25, -0.2) is 14.5 Å². The molecule has 31 heavy (non-hydrogen) atoms. The lowest BCUT2D eigenvalue weighted by atomic mass is 10.2. The van der Waals surface area contributed by atoms with Crippen molar-refractivity contribution < 1.29 is 19.2 Å². The van der Waals surface area contributed by atoms with Crippen LogP contribution < -0.4 is 4.90 Å². The Labute approximate surface area is 186 Å². The van der Waals surface area contributed by atoms with Crippen molar-refractivity contribution in [2.45, 2.75) is 51.8 Å². The lowest BCUT2D eigenvalue weighted by molar-refractivity contribution is -0.384. The Balaban J connectivity index is 2.40. The van der Waals surface area contributed by atoms with Gasteiger partial charge in [0.15, 0.2) is 5.82 Å². The van der Waals surface area contributed by atoms with E-state index in [1.165, 1.54) is 12.0 Å². The molecule has 1 atom stereocenters. The second kappa shape index (κ2) is 10.6. The fourth-order valence-corrected chi connectivity index (χ4v) is 3.63. The van der Waals surface area contributed by atoms with Gasteiger partial charge in [-0.15, -0.1) is 0 Å². The second-order valence-electron chi connectivity index (χ2n) is 7.98. The number of hydrogen-bond acceptors (Lipinski definition) is 9. The highest BCUT2D eigenvalue weighted by molar-refractivity contribution is 6.76. The summed E-state index contributed by atoms with van der Waals surface area (Å²) in [5.41, 5.74) is -0.410. The van der Waals surface area contributed by atoms with Crippen molar-refractivity contribution in [3.63, 3.8) is 0 Å². The topological polar surface area (TPSA) is 126 Å². The zero-order valence-electron chi connectivity index (χ0n) is 18.2. The van der Waals surface area contributed by atoms with Crippen molar-refractivity contribution in [3.05, 3.63) is 33.9 Å². The lowest BCUT2D eigenvalue weighted by Gasteiger charge is -2.27. The molecule has 2 aromatic rings. The summed E-state index contributed by atoms with van der Waals surface area (Å²) < 4.78 is 12.1. The van der Waals surface area contributed by atoms with Crippen LogP contribution in [-0.4, -0.2) is 58.5 Å². The van der Waals surface area contributed by atoms with Crippen LogP contribution in [0.15, 0.2) is 18.5 Å². The Hall–Kier alpha value is -2.57. The molecule has 0 fully saturated rings. The molecule has 1 unspecified atom stereocenters. The molecule has 2 rings (SSSR count). The van der Waals surface area contributed by atoms with E-state index < -0.39 is 30.7 Å². The summed E-state index contributed by atoms with van der Waals surface area (Å²) in [6.45, 7) is 9.36. The van der Waals surface area contributed by atoms with Crippen molar-refractivity contribution in [1.82, 2.24) is 19.7 Å². The number of halogens is 1. The first-order valence-electron chi connectivity index (χ1n) is 9.72. The number of rotatable bonds is 11. The van der Waals surface area contributed by atoms with Gasteiger partial charge in [0.1, 0.15) is 19.0 Å². The molecule has 0 saturated carbocycles. The maximum atomic E-state index is 12.4. The van der Waals surface area contributed by atoms with E-state index in [2.05, 4.69) is 34.7 Å². The molecule has 0 N–H and O–H groups in total. The third kappa shape index (κ3) is 6.70. The number of hydrogen-bond donors (Lipinski definition) is 0. The number of esters is 1. The standard InChI is InChI=1S/C18H27ClN6O5Si/c1-6-13(17(26)29-2)24(16-14(25(27)28)11-20-18(19)21-16)15-7-8-23(22-15)12-30-9-10-31(3,4)5/h7-8,11,13H,6,9-10,12H2,1-5H3. The fourth-order valence-electron chi connectivity index (χ4n) is 2.75. The molecular weight excluding hydrogens is 444 g/mol. The molecule has 2 aromatic heterocycles. The van der Waals surface area contributed by atoms with Gasteiger partial charge < -0.3 is 9.47 Å². The van der Waals surface area contributed by atoms with Crippen molar-refractivity contribution in [2.24, 2.45) is 0 Å². The van der Waals surface area contributed by atoms with Crippen LogP contribution in [0.3, 0.4) is 0 Å². The van der Waals surface area contributed by atoms with Gasteiger partial charge in [0, 0.05) is 26.9 Å². The second-order valence-corrected chi connectivity index (χ2v) is 13.9. The Bertz CT molecular complexity index is 919. The molecule has 0 saturated heterocycles. The van der Waals surface area contributed by atoms with Gasteiger partial charge in [-0.3, -0.25) is 15.0 Å². The molecule has 11 nitrogen and oxygen atoms in total. The van der Waals surface area contributed by atoms with E-state index in [0.29, 0.717) is 6.61 Å². The first-order chi connectivity index (χ1) is 14.6. The van der Waals surface area contributed by atoms with Crippen LogP contribution in [0.4, 0.5) is 17.3 Å². The molecular formula is C18H27ClN6O5Si. The van der Waals surface area contributed by atoms with E-state index in [9.17, 15) is 14.9 Å². The summed E-state index contributed by atoms with van der Waals surface area (Å²) in [5, 5.41) is 15.8. The Morgan fingerprint density at radius 1 is 1.42 bits per heavy atom. The molecule has 0 radical (unpaired) electrons. The maximum absolute atomic E-state index is 12.4. The third-order valence-corrected chi connectivity index (χ3v) is 6.30. The summed E-state index contributed by atoms with van der Waals surface area (Å²) in [4.78, 5) is 32.4. The third-order valence-electron chi connectivity index (χ3n) is 4.41. The largest absolute Gasteiger partial charge is 0.467 e. The summed E-state index contributed by atoms with van der Waals surface area (Å²) in [6.07, 6.45) is 2.94. The molecule has 170 valence electrons. The van der Waals surface area contributed by atoms with E-state index in [1.54, 1.807) is 23.9 Å². The number of nitrogens with zero attached hydrogens (tertiary/aromatic N) is 6. The minimum Gasteiger partial charge on any atom is -0.467 e. The maximum Gasteiger partial charge on any atom is 0.330 e. The van der Waals surface area contributed by atoms with Crippen molar-refractivity contribution >= 4 is 43.0 Å². The molecule has 0 aromatic carbocycles. The van der Waals surface area contributed by atoms with Gasteiger partial charge in [-0.05, 0) is 24.1 Å². The van der Waals surface area contributed by atoms with Crippen LogP contribution in [0.2, 0.25) is 31.0 Å². The van der Waals surface area contributed by atoms with Gasteiger partial charge in [0.2, 0.25) is 11.1 Å². The van der Waals surface area contributed by atoms with Crippen LogP contribution in [0.25, 0.3) is 0 Å². The highest BCUT2D eigenvalue weighted by Gasteiger charge is 2.34. The van der Waals surface area contributed by atoms with E-state index >= 15 is 0 Å². The first-order valence-corrected chi connectivity index (χ1v) is 13.8. The zero-order valence-corrected chi connectivity index (χ0v) is 20.0. The molecule has 0 aliphatic heterocycles.